The van der Waals surface area contributed by atoms with Crippen LogP contribution in [0.3, 0.4) is 0 Å². The van der Waals surface area contributed by atoms with Crippen molar-refractivity contribution < 1.29 is 14.3 Å². The zero-order chi connectivity index (χ0) is 19.4. The molecular weight excluding hydrogens is 362 g/mol. The molecule has 1 aromatic carbocycles. The minimum absolute atomic E-state index is 0.0749. The molecule has 1 amide bonds. The molecule has 3 rings (SSSR count). The largest absolute Gasteiger partial charge is 0.497 e. The Kier molecular flexibility index (Phi) is 6.11. The number of aryl methyl sites for hydroxylation is 1. The number of nitrogens with zero attached hydrogens (tertiary/aromatic N) is 2. The van der Waals surface area contributed by atoms with Gasteiger partial charge in [-0.25, -0.2) is 9.97 Å². The molecule has 0 spiro atoms. The predicted octanol–water partition coefficient (Wildman–Crippen LogP) is 3.28. The second-order valence-corrected chi connectivity index (χ2v) is 7.56. The quantitative estimate of drug-likeness (QED) is 0.427. The highest BCUT2D eigenvalue weighted by Gasteiger charge is 2.29. The lowest BCUT2D eigenvalue weighted by Gasteiger charge is -2.11. The lowest BCUT2D eigenvalue weighted by Crippen LogP contribution is -2.24. The van der Waals surface area contributed by atoms with E-state index < -0.39 is 0 Å². The molecule has 1 aliphatic carbocycles. The Labute approximate surface area is 163 Å². The fourth-order valence-electron chi connectivity index (χ4n) is 2.77. The number of benzene rings is 1. The van der Waals surface area contributed by atoms with Crippen LogP contribution in [0.25, 0.3) is 0 Å². The molecule has 2 aromatic rings. The van der Waals surface area contributed by atoms with Crippen LogP contribution in [-0.4, -0.2) is 34.5 Å². The highest BCUT2D eigenvalue weighted by Crippen LogP contribution is 2.39. The average Bonchev–Trinajstić information content (AvgIpc) is 3.49. The average molecular weight is 385 g/mol. The molecule has 142 valence electrons. The van der Waals surface area contributed by atoms with Crippen molar-refractivity contribution in [2.24, 2.45) is 0 Å². The smallest absolute Gasteiger partial charge is 0.230 e. The first-order valence-corrected chi connectivity index (χ1v) is 9.88. The first-order valence-electron chi connectivity index (χ1n) is 8.90. The molecule has 6 nitrogen and oxygen atoms in total. The van der Waals surface area contributed by atoms with Crippen LogP contribution < -0.4 is 10.1 Å². The fourth-order valence-corrected chi connectivity index (χ4v) is 3.73. The number of ether oxygens (including phenoxy) is 1. The predicted molar refractivity (Wildman–Crippen MR) is 104 cm³/mol. The van der Waals surface area contributed by atoms with Crippen molar-refractivity contribution in [1.29, 1.82) is 0 Å². The lowest BCUT2D eigenvalue weighted by molar-refractivity contribution is -0.118. The first kappa shape index (κ1) is 19.4. The monoisotopic (exact) mass is 385 g/mol. The van der Waals surface area contributed by atoms with Crippen LogP contribution in [0.4, 0.5) is 0 Å². The molecule has 0 unspecified atom stereocenters. The molecule has 0 aliphatic heterocycles. The summed E-state index contributed by atoms with van der Waals surface area (Å²) in [6, 6.07) is 7.56. The van der Waals surface area contributed by atoms with Gasteiger partial charge in [-0.05, 0) is 44.4 Å². The van der Waals surface area contributed by atoms with Crippen molar-refractivity contribution in [1.82, 2.24) is 15.3 Å². The Hall–Kier alpha value is -2.41. The highest BCUT2D eigenvalue weighted by atomic mass is 32.2. The van der Waals surface area contributed by atoms with Gasteiger partial charge in [0.25, 0.3) is 0 Å². The van der Waals surface area contributed by atoms with Crippen LogP contribution in [0.15, 0.2) is 29.3 Å². The molecule has 0 saturated heterocycles. The molecule has 27 heavy (non-hydrogen) atoms. The highest BCUT2D eigenvalue weighted by molar-refractivity contribution is 8.00. The number of carbonyl (C=O) groups is 2. The van der Waals surface area contributed by atoms with E-state index in [1.807, 2.05) is 31.2 Å². The van der Waals surface area contributed by atoms with E-state index in [2.05, 4.69) is 15.3 Å². The van der Waals surface area contributed by atoms with Crippen molar-refractivity contribution in [2.75, 3.05) is 12.9 Å². The van der Waals surface area contributed by atoms with Crippen molar-refractivity contribution in [3.63, 3.8) is 0 Å². The topological polar surface area (TPSA) is 81.2 Å². The minimum atomic E-state index is -0.110. The van der Waals surface area contributed by atoms with Gasteiger partial charge in [-0.1, -0.05) is 23.9 Å². The number of Topliss-reactive ketones (excluding diaryl/α,β-unsaturated/α-hetero) is 1. The summed E-state index contributed by atoms with van der Waals surface area (Å²) in [5.74, 6) is 1.95. The molecule has 0 atom stereocenters. The van der Waals surface area contributed by atoms with Crippen molar-refractivity contribution >= 4 is 23.5 Å². The van der Waals surface area contributed by atoms with Crippen LogP contribution in [0.2, 0.25) is 0 Å². The van der Waals surface area contributed by atoms with Gasteiger partial charge in [0.05, 0.1) is 24.1 Å². The number of aromatic nitrogens is 2. The van der Waals surface area contributed by atoms with Crippen LogP contribution in [0.5, 0.6) is 5.75 Å². The van der Waals surface area contributed by atoms with Crippen LogP contribution >= 0.6 is 11.8 Å². The number of rotatable bonds is 8. The van der Waals surface area contributed by atoms with Crippen LogP contribution in [0.1, 0.15) is 53.1 Å². The third-order valence-electron chi connectivity index (χ3n) is 4.33. The molecule has 0 radical (unpaired) electrons. The van der Waals surface area contributed by atoms with Crippen molar-refractivity contribution in [3.8, 4) is 5.75 Å². The maximum absolute atomic E-state index is 12.2. The Bertz CT molecular complexity index is 866. The summed E-state index contributed by atoms with van der Waals surface area (Å²) in [5.41, 5.74) is 2.18. The normalized spacial score (nSPS) is 13.3. The van der Waals surface area contributed by atoms with E-state index in [9.17, 15) is 9.59 Å². The van der Waals surface area contributed by atoms with Crippen molar-refractivity contribution in [2.45, 2.75) is 44.2 Å². The number of carbonyl (C=O) groups excluding carboxylic acids is 2. The number of hydrogen-bond donors (Lipinski definition) is 1. The fraction of sp³-hybridized carbons (Fsp3) is 0.400. The van der Waals surface area contributed by atoms with E-state index in [0.29, 0.717) is 28.7 Å². The Morgan fingerprint density at radius 1 is 1.30 bits per heavy atom. The number of methoxy groups -OCH3 is 1. The summed E-state index contributed by atoms with van der Waals surface area (Å²) in [6.07, 6.45) is 2.17. The molecule has 1 aliphatic rings. The number of nitrogens with one attached hydrogen (secondary N) is 1. The maximum Gasteiger partial charge on any atom is 0.230 e. The second kappa shape index (κ2) is 8.52. The third kappa shape index (κ3) is 5.07. The van der Waals surface area contributed by atoms with Gasteiger partial charge in [-0.2, -0.15) is 0 Å². The van der Waals surface area contributed by atoms with E-state index in [1.54, 1.807) is 7.11 Å². The van der Waals surface area contributed by atoms with Crippen LogP contribution in [-0.2, 0) is 11.3 Å². The SMILES string of the molecule is COc1cccc(CNC(=O)CSc2nc(C3CC3)nc(C)c2C(C)=O)c1. The van der Waals surface area contributed by atoms with Gasteiger partial charge in [-0.15, -0.1) is 0 Å². The van der Waals surface area contributed by atoms with E-state index in [-0.39, 0.29) is 17.4 Å². The Morgan fingerprint density at radius 3 is 2.74 bits per heavy atom. The zero-order valence-electron chi connectivity index (χ0n) is 15.7. The standard InChI is InChI=1S/C20H23N3O3S/c1-12-18(13(2)24)20(23-19(22-12)15-7-8-15)27-11-17(25)21-10-14-5-4-6-16(9-14)26-3/h4-6,9,15H,7-8,10-11H2,1-3H3,(H,21,25). The molecular formula is C20H23N3O3S. The number of amides is 1. The van der Waals surface area contributed by atoms with Gasteiger partial charge in [0, 0.05) is 12.5 Å². The van der Waals surface area contributed by atoms with Crippen molar-refractivity contribution in [3.05, 3.63) is 46.9 Å². The molecule has 1 aromatic heterocycles. The number of hydrogen-bond acceptors (Lipinski definition) is 6. The van der Waals surface area contributed by atoms with E-state index in [4.69, 9.17) is 4.74 Å². The van der Waals surface area contributed by atoms with E-state index in [1.165, 1.54) is 18.7 Å². The van der Waals surface area contributed by atoms with E-state index in [0.717, 1.165) is 30.0 Å². The van der Waals surface area contributed by atoms with Gasteiger partial charge in [0.15, 0.2) is 5.78 Å². The third-order valence-corrected chi connectivity index (χ3v) is 5.31. The minimum Gasteiger partial charge on any atom is -0.497 e. The summed E-state index contributed by atoms with van der Waals surface area (Å²) in [5, 5.41) is 3.49. The Morgan fingerprint density at radius 2 is 2.07 bits per heavy atom. The first-order chi connectivity index (χ1) is 13.0. The molecule has 1 saturated carbocycles. The summed E-state index contributed by atoms with van der Waals surface area (Å²) in [6.45, 7) is 3.76. The lowest BCUT2D eigenvalue weighted by atomic mass is 10.2. The second-order valence-electron chi connectivity index (χ2n) is 6.59. The van der Waals surface area contributed by atoms with Gasteiger partial charge in [-0.3, -0.25) is 9.59 Å². The molecule has 7 heteroatoms. The summed E-state index contributed by atoms with van der Waals surface area (Å²) >= 11 is 1.29. The van der Waals surface area contributed by atoms with Gasteiger partial charge >= 0.3 is 0 Å². The zero-order valence-corrected chi connectivity index (χ0v) is 16.6. The molecule has 0 bridgehead atoms. The molecule has 1 N–H and O–H groups in total. The summed E-state index contributed by atoms with van der Waals surface area (Å²) in [7, 11) is 1.61. The number of thioether (sulfide) groups is 1. The molecule has 1 fully saturated rings. The van der Waals surface area contributed by atoms with E-state index >= 15 is 0 Å². The maximum atomic E-state index is 12.2. The summed E-state index contributed by atoms with van der Waals surface area (Å²) < 4.78 is 5.19. The van der Waals surface area contributed by atoms with Gasteiger partial charge in [0.2, 0.25) is 5.91 Å². The summed E-state index contributed by atoms with van der Waals surface area (Å²) in [4.78, 5) is 33.3. The molecule has 1 heterocycles. The van der Waals surface area contributed by atoms with Gasteiger partial charge < -0.3 is 10.1 Å². The Balaban J connectivity index is 1.63. The van der Waals surface area contributed by atoms with Gasteiger partial charge in [0.1, 0.15) is 16.6 Å². The van der Waals surface area contributed by atoms with Crippen LogP contribution in [0, 0.1) is 6.92 Å². The number of ketones is 1.